The molecule has 0 aromatic carbocycles. The molecule has 0 fully saturated rings. The van der Waals surface area contributed by atoms with Crippen molar-refractivity contribution in [3.8, 4) is 0 Å². The van der Waals surface area contributed by atoms with Crippen LogP contribution in [0, 0.1) is 5.92 Å². The fourth-order valence-electron chi connectivity index (χ4n) is 1.44. The van der Waals surface area contributed by atoms with Gasteiger partial charge in [-0.15, -0.1) is 0 Å². The molecule has 0 saturated carbocycles. The number of hydrogen-bond acceptors (Lipinski definition) is 4. The summed E-state index contributed by atoms with van der Waals surface area (Å²) in [4.78, 5) is 21.7. The minimum Gasteiger partial charge on any atom is -0.442 e. The van der Waals surface area contributed by atoms with Gasteiger partial charge in [-0.3, -0.25) is 4.79 Å². The van der Waals surface area contributed by atoms with Crippen molar-refractivity contribution in [1.29, 1.82) is 0 Å². The van der Waals surface area contributed by atoms with Crippen molar-refractivity contribution in [2.75, 3.05) is 0 Å². The van der Waals surface area contributed by atoms with E-state index in [2.05, 4.69) is 0 Å². The van der Waals surface area contributed by atoms with Crippen LogP contribution in [0.4, 0.5) is 4.79 Å². The second-order valence-electron chi connectivity index (χ2n) is 3.97. The standard InChI is InChI=1S/C9H19N3O3/c1-4-5(7(11)13)6(10)9(2,3)15-8(12)14/h5-6H,4,10H2,1-3H3,(H2,11,13)(H2,12,14). The van der Waals surface area contributed by atoms with Crippen LogP contribution in [0.1, 0.15) is 27.2 Å². The van der Waals surface area contributed by atoms with E-state index in [1.165, 1.54) is 0 Å². The molecule has 15 heavy (non-hydrogen) atoms. The Bertz CT molecular complexity index is 253. The molecule has 0 aliphatic carbocycles. The molecule has 6 nitrogen and oxygen atoms in total. The van der Waals surface area contributed by atoms with Crippen molar-refractivity contribution in [3.05, 3.63) is 0 Å². The third kappa shape index (κ3) is 3.75. The molecule has 0 bridgehead atoms. The highest BCUT2D eigenvalue weighted by Crippen LogP contribution is 2.21. The van der Waals surface area contributed by atoms with E-state index in [4.69, 9.17) is 21.9 Å². The lowest BCUT2D eigenvalue weighted by molar-refractivity contribution is -0.124. The quantitative estimate of drug-likeness (QED) is 0.585. The van der Waals surface area contributed by atoms with Gasteiger partial charge in [0.15, 0.2) is 0 Å². The van der Waals surface area contributed by atoms with E-state index in [1.54, 1.807) is 20.8 Å². The summed E-state index contributed by atoms with van der Waals surface area (Å²) in [5.41, 5.74) is 14.9. The maximum absolute atomic E-state index is 11.1. The minimum absolute atomic E-state index is 0.488. The summed E-state index contributed by atoms with van der Waals surface area (Å²) in [6.45, 7) is 4.97. The predicted molar refractivity (Wildman–Crippen MR) is 55.7 cm³/mol. The predicted octanol–water partition coefficient (Wildman–Crippen LogP) is -0.301. The van der Waals surface area contributed by atoms with Gasteiger partial charge in [0.05, 0.1) is 12.0 Å². The van der Waals surface area contributed by atoms with Crippen LogP contribution in [-0.2, 0) is 9.53 Å². The van der Waals surface area contributed by atoms with Crippen LogP contribution in [0.25, 0.3) is 0 Å². The molecule has 2 atom stereocenters. The Hall–Kier alpha value is -1.30. The van der Waals surface area contributed by atoms with Crippen molar-refractivity contribution in [3.63, 3.8) is 0 Å². The van der Waals surface area contributed by atoms with Crippen LogP contribution in [-0.4, -0.2) is 23.6 Å². The number of hydrogen-bond donors (Lipinski definition) is 3. The first kappa shape index (κ1) is 13.7. The van der Waals surface area contributed by atoms with Gasteiger partial charge in [0.25, 0.3) is 0 Å². The zero-order chi connectivity index (χ0) is 12.2. The summed E-state index contributed by atoms with van der Waals surface area (Å²) < 4.78 is 4.84. The Balaban J connectivity index is 4.71. The monoisotopic (exact) mass is 217 g/mol. The van der Waals surface area contributed by atoms with E-state index in [1.807, 2.05) is 0 Å². The van der Waals surface area contributed by atoms with Crippen LogP contribution >= 0.6 is 0 Å². The van der Waals surface area contributed by atoms with Crippen LogP contribution in [0.5, 0.6) is 0 Å². The summed E-state index contributed by atoms with van der Waals surface area (Å²) >= 11 is 0. The lowest BCUT2D eigenvalue weighted by Gasteiger charge is -2.34. The molecule has 6 heteroatoms. The van der Waals surface area contributed by atoms with Gasteiger partial charge in [0.2, 0.25) is 5.91 Å². The molecule has 2 unspecified atom stereocenters. The molecule has 0 aromatic heterocycles. The largest absolute Gasteiger partial charge is 0.442 e. The van der Waals surface area contributed by atoms with Gasteiger partial charge in [0, 0.05) is 0 Å². The first-order chi connectivity index (χ1) is 6.72. The molecule has 88 valence electrons. The molecule has 0 heterocycles. The maximum atomic E-state index is 11.1. The molecular weight excluding hydrogens is 198 g/mol. The number of amides is 2. The molecule has 0 aromatic rings. The fraction of sp³-hybridized carbons (Fsp3) is 0.778. The van der Waals surface area contributed by atoms with Crippen molar-refractivity contribution in [1.82, 2.24) is 0 Å². The van der Waals surface area contributed by atoms with Gasteiger partial charge in [-0.2, -0.15) is 0 Å². The van der Waals surface area contributed by atoms with Crippen molar-refractivity contribution < 1.29 is 14.3 Å². The summed E-state index contributed by atoms with van der Waals surface area (Å²) in [7, 11) is 0. The highest BCUT2D eigenvalue weighted by atomic mass is 16.6. The average molecular weight is 217 g/mol. The van der Waals surface area contributed by atoms with Crippen LogP contribution in [0.2, 0.25) is 0 Å². The number of rotatable bonds is 5. The Morgan fingerprint density at radius 2 is 1.80 bits per heavy atom. The maximum Gasteiger partial charge on any atom is 0.405 e. The normalized spacial score (nSPS) is 15.5. The molecule has 0 radical (unpaired) electrons. The average Bonchev–Trinajstić information content (AvgIpc) is 2.01. The molecule has 0 spiro atoms. The van der Waals surface area contributed by atoms with E-state index in [9.17, 15) is 9.59 Å². The topological polar surface area (TPSA) is 121 Å². The fourth-order valence-corrected chi connectivity index (χ4v) is 1.44. The van der Waals surface area contributed by atoms with Gasteiger partial charge in [-0.05, 0) is 20.3 Å². The van der Waals surface area contributed by atoms with E-state index in [-0.39, 0.29) is 0 Å². The van der Waals surface area contributed by atoms with Gasteiger partial charge in [-0.1, -0.05) is 6.92 Å². The number of ether oxygens (including phenoxy) is 1. The van der Waals surface area contributed by atoms with E-state index < -0.39 is 29.6 Å². The summed E-state index contributed by atoms with van der Waals surface area (Å²) in [6.07, 6.45) is -0.433. The van der Waals surface area contributed by atoms with E-state index in [0.29, 0.717) is 6.42 Å². The lowest BCUT2D eigenvalue weighted by Crippen LogP contribution is -2.54. The first-order valence-corrected chi connectivity index (χ1v) is 4.75. The Morgan fingerprint density at radius 1 is 1.33 bits per heavy atom. The van der Waals surface area contributed by atoms with Crippen LogP contribution < -0.4 is 17.2 Å². The Morgan fingerprint density at radius 3 is 2.07 bits per heavy atom. The highest BCUT2D eigenvalue weighted by molar-refractivity contribution is 5.77. The van der Waals surface area contributed by atoms with Crippen molar-refractivity contribution in [2.45, 2.75) is 38.8 Å². The van der Waals surface area contributed by atoms with Gasteiger partial charge >= 0.3 is 6.09 Å². The molecule has 0 aliphatic rings. The van der Waals surface area contributed by atoms with Crippen LogP contribution in [0.15, 0.2) is 0 Å². The van der Waals surface area contributed by atoms with Crippen molar-refractivity contribution in [2.24, 2.45) is 23.1 Å². The zero-order valence-corrected chi connectivity index (χ0v) is 9.32. The summed E-state index contributed by atoms with van der Waals surface area (Å²) in [5.74, 6) is -1.05. The summed E-state index contributed by atoms with van der Waals surface area (Å²) in [6, 6.07) is -0.674. The molecule has 0 saturated heterocycles. The molecular formula is C9H19N3O3. The number of carbonyl (C=O) groups excluding carboxylic acids is 2. The minimum atomic E-state index is -1.01. The lowest BCUT2D eigenvalue weighted by atomic mass is 9.85. The highest BCUT2D eigenvalue weighted by Gasteiger charge is 2.37. The zero-order valence-electron chi connectivity index (χ0n) is 9.32. The van der Waals surface area contributed by atoms with Gasteiger partial charge < -0.3 is 21.9 Å². The third-order valence-electron chi connectivity index (χ3n) is 2.41. The van der Waals surface area contributed by atoms with Gasteiger partial charge in [-0.25, -0.2) is 4.79 Å². The molecule has 0 rings (SSSR count). The number of nitrogens with two attached hydrogens (primary N) is 3. The second-order valence-corrected chi connectivity index (χ2v) is 3.97. The van der Waals surface area contributed by atoms with E-state index >= 15 is 0 Å². The molecule has 0 aliphatic heterocycles. The Labute approximate surface area is 89.1 Å². The molecule has 6 N–H and O–H groups in total. The number of primary amides is 2. The number of carbonyl (C=O) groups is 2. The molecule has 2 amide bonds. The third-order valence-corrected chi connectivity index (χ3v) is 2.41. The van der Waals surface area contributed by atoms with Crippen LogP contribution in [0.3, 0.4) is 0 Å². The van der Waals surface area contributed by atoms with Gasteiger partial charge in [0.1, 0.15) is 5.60 Å². The smallest absolute Gasteiger partial charge is 0.405 e. The first-order valence-electron chi connectivity index (χ1n) is 4.75. The SMILES string of the molecule is CCC(C(N)=O)C(N)C(C)(C)OC(N)=O. The summed E-state index contributed by atoms with van der Waals surface area (Å²) in [5, 5.41) is 0. The van der Waals surface area contributed by atoms with E-state index in [0.717, 1.165) is 0 Å². The second kappa shape index (κ2) is 4.97. The van der Waals surface area contributed by atoms with Crippen molar-refractivity contribution >= 4 is 12.0 Å². The Kier molecular flexibility index (Phi) is 4.54.